The first kappa shape index (κ1) is 17.5. The first-order valence-electron chi connectivity index (χ1n) is 10.5. The van der Waals surface area contributed by atoms with Crippen molar-refractivity contribution in [3.8, 4) is 0 Å². The minimum absolute atomic E-state index is 0.203. The van der Waals surface area contributed by atoms with Gasteiger partial charge in [-0.2, -0.15) is 0 Å². The molecule has 0 radical (unpaired) electrons. The van der Waals surface area contributed by atoms with Gasteiger partial charge in [-0.25, -0.2) is 0 Å². The first-order valence-corrected chi connectivity index (χ1v) is 10.5. The van der Waals surface area contributed by atoms with E-state index in [1.807, 2.05) is 6.08 Å². The van der Waals surface area contributed by atoms with Crippen LogP contribution in [0.2, 0.25) is 0 Å². The van der Waals surface area contributed by atoms with Crippen molar-refractivity contribution in [2.45, 2.75) is 72.1 Å². The summed E-state index contributed by atoms with van der Waals surface area (Å²) in [4.78, 5) is 12.1. The highest BCUT2D eigenvalue weighted by atomic mass is 16.3. The van der Waals surface area contributed by atoms with E-state index >= 15 is 0 Å². The summed E-state index contributed by atoms with van der Waals surface area (Å²) in [6, 6.07) is 0. The number of hydrogen-bond acceptors (Lipinski definition) is 2. The van der Waals surface area contributed by atoms with Crippen LogP contribution in [0.5, 0.6) is 0 Å². The minimum Gasteiger partial charge on any atom is -0.396 e. The Kier molecular flexibility index (Phi) is 4.26. The molecular formula is C23H34O2. The van der Waals surface area contributed by atoms with Crippen molar-refractivity contribution >= 4 is 5.78 Å². The molecule has 0 aromatic carbocycles. The smallest absolute Gasteiger partial charge is 0.156 e. The highest BCUT2D eigenvalue weighted by Gasteiger charge is 2.59. The third kappa shape index (κ3) is 2.43. The van der Waals surface area contributed by atoms with Gasteiger partial charge in [0, 0.05) is 13.0 Å². The van der Waals surface area contributed by atoms with Gasteiger partial charge in [0.05, 0.1) is 0 Å². The summed E-state index contributed by atoms with van der Waals surface area (Å²) in [5.41, 5.74) is 3.45. The van der Waals surface area contributed by atoms with Gasteiger partial charge >= 0.3 is 0 Å². The number of carbonyl (C=O) groups excluding carboxylic acids is 1. The van der Waals surface area contributed by atoms with Crippen LogP contribution in [0.4, 0.5) is 0 Å². The molecule has 3 saturated carbocycles. The number of allylic oxidation sites excluding steroid dienone is 3. The molecule has 0 aliphatic heterocycles. The minimum atomic E-state index is 0.203. The van der Waals surface area contributed by atoms with Crippen molar-refractivity contribution in [2.24, 2.45) is 34.5 Å². The average molecular weight is 343 g/mol. The van der Waals surface area contributed by atoms with Gasteiger partial charge in [-0.05, 0) is 104 Å². The highest BCUT2D eigenvalue weighted by molar-refractivity contribution is 5.92. The molecule has 25 heavy (non-hydrogen) atoms. The van der Waals surface area contributed by atoms with E-state index in [1.165, 1.54) is 43.3 Å². The van der Waals surface area contributed by atoms with E-state index in [4.69, 9.17) is 0 Å². The normalized spacial score (nSPS) is 47.9. The molecule has 4 aliphatic carbocycles. The maximum Gasteiger partial charge on any atom is 0.156 e. The molecule has 2 unspecified atom stereocenters. The number of carbonyl (C=O) groups is 1. The number of aliphatic hydroxyl groups excluding tert-OH is 1. The summed E-state index contributed by atoms with van der Waals surface area (Å²) < 4.78 is 0. The standard InChI is InChI=1S/C23H34O2/c1-4-15-13-18-19-6-5-16(9-12-24)22(19,2)11-8-20(18)23(3)10-7-17(25)14-21(15)23/h4,14,16,18-20,24H,5-13H2,1-3H3/b15-4-/t16-,18+,19?,20?,22-,23-/m1/s1. The molecule has 6 atom stereocenters. The number of aliphatic hydroxyl groups is 1. The lowest BCUT2D eigenvalue weighted by atomic mass is 9.46. The average Bonchev–Trinajstić information content (AvgIpc) is 2.92. The fourth-order valence-corrected chi connectivity index (χ4v) is 7.50. The number of ketones is 1. The second kappa shape index (κ2) is 6.08. The summed E-state index contributed by atoms with van der Waals surface area (Å²) in [5, 5.41) is 9.52. The Morgan fingerprint density at radius 2 is 2.00 bits per heavy atom. The van der Waals surface area contributed by atoms with E-state index in [9.17, 15) is 9.90 Å². The second-order valence-electron chi connectivity index (χ2n) is 9.67. The van der Waals surface area contributed by atoms with Crippen LogP contribution in [0.15, 0.2) is 23.3 Å². The zero-order valence-corrected chi connectivity index (χ0v) is 16.2. The highest BCUT2D eigenvalue weighted by Crippen LogP contribution is 2.67. The molecule has 0 bridgehead atoms. The van der Waals surface area contributed by atoms with Crippen LogP contribution in [-0.2, 0) is 4.79 Å². The molecule has 0 amide bonds. The van der Waals surface area contributed by atoms with Crippen LogP contribution in [-0.4, -0.2) is 17.5 Å². The van der Waals surface area contributed by atoms with Gasteiger partial charge in [-0.15, -0.1) is 0 Å². The summed E-state index contributed by atoms with van der Waals surface area (Å²) in [7, 11) is 0. The Morgan fingerprint density at radius 3 is 2.72 bits per heavy atom. The van der Waals surface area contributed by atoms with Gasteiger partial charge in [0.2, 0.25) is 0 Å². The number of hydrogen-bond donors (Lipinski definition) is 1. The van der Waals surface area contributed by atoms with Crippen LogP contribution in [0.1, 0.15) is 72.1 Å². The van der Waals surface area contributed by atoms with E-state index in [1.54, 1.807) is 0 Å². The fraction of sp³-hybridized carbons (Fsp3) is 0.783. The molecule has 0 spiro atoms. The Hall–Kier alpha value is -0.890. The van der Waals surface area contributed by atoms with Crippen LogP contribution < -0.4 is 0 Å². The zero-order valence-electron chi connectivity index (χ0n) is 16.2. The van der Waals surface area contributed by atoms with Gasteiger partial charge in [0.15, 0.2) is 5.78 Å². The Balaban J connectivity index is 1.71. The summed E-state index contributed by atoms with van der Waals surface area (Å²) >= 11 is 0. The first-order chi connectivity index (χ1) is 11.9. The molecule has 0 aromatic heterocycles. The molecule has 4 aliphatic rings. The molecule has 2 heteroatoms. The van der Waals surface area contributed by atoms with Crippen molar-refractivity contribution in [1.29, 1.82) is 0 Å². The lowest BCUT2D eigenvalue weighted by Crippen LogP contribution is -2.51. The van der Waals surface area contributed by atoms with Crippen molar-refractivity contribution in [3.05, 3.63) is 23.3 Å². The van der Waals surface area contributed by atoms with Crippen molar-refractivity contribution in [2.75, 3.05) is 6.61 Å². The van der Waals surface area contributed by atoms with E-state index in [-0.39, 0.29) is 5.41 Å². The maximum absolute atomic E-state index is 12.1. The quantitative estimate of drug-likeness (QED) is 0.760. The van der Waals surface area contributed by atoms with Crippen molar-refractivity contribution < 1.29 is 9.90 Å². The third-order valence-electron chi connectivity index (χ3n) is 8.89. The number of rotatable bonds is 2. The molecular weight excluding hydrogens is 308 g/mol. The Bertz CT molecular complexity index is 630. The zero-order chi connectivity index (χ0) is 17.8. The topological polar surface area (TPSA) is 37.3 Å². The van der Waals surface area contributed by atoms with Crippen LogP contribution in [0, 0.1) is 34.5 Å². The Labute approximate surface area is 152 Å². The molecule has 3 fully saturated rings. The lowest BCUT2D eigenvalue weighted by molar-refractivity contribution is -0.117. The van der Waals surface area contributed by atoms with E-state index in [2.05, 4.69) is 26.8 Å². The third-order valence-corrected chi connectivity index (χ3v) is 8.89. The SMILES string of the molecule is C/C=C1/C[C@@H]2C(CC[C@@]3(C)C2CC[C@@H]3CCO)[C@@]2(C)CCC(=O)C=C12. The van der Waals surface area contributed by atoms with Crippen molar-refractivity contribution in [3.63, 3.8) is 0 Å². The molecule has 1 N–H and O–H groups in total. The van der Waals surface area contributed by atoms with Crippen LogP contribution in [0.25, 0.3) is 0 Å². The van der Waals surface area contributed by atoms with Gasteiger partial charge in [0.1, 0.15) is 0 Å². The molecule has 0 heterocycles. The van der Waals surface area contributed by atoms with Crippen molar-refractivity contribution in [1.82, 2.24) is 0 Å². The fourth-order valence-electron chi connectivity index (χ4n) is 7.50. The maximum atomic E-state index is 12.1. The van der Waals surface area contributed by atoms with E-state index < -0.39 is 0 Å². The summed E-state index contributed by atoms with van der Waals surface area (Å²) in [6.07, 6.45) is 13.5. The predicted molar refractivity (Wildman–Crippen MR) is 101 cm³/mol. The van der Waals surface area contributed by atoms with Gasteiger partial charge in [-0.3, -0.25) is 4.79 Å². The van der Waals surface area contributed by atoms with Gasteiger partial charge in [0.25, 0.3) is 0 Å². The Morgan fingerprint density at radius 1 is 1.20 bits per heavy atom. The van der Waals surface area contributed by atoms with Gasteiger partial charge < -0.3 is 5.11 Å². The molecule has 2 nitrogen and oxygen atoms in total. The largest absolute Gasteiger partial charge is 0.396 e. The molecule has 0 aromatic rings. The molecule has 138 valence electrons. The lowest BCUT2D eigenvalue weighted by Gasteiger charge is -2.58. The second-order valence-corrected chi connectivity index (χ2v) is 9.67. The molecule has 0 saturated heterocycles. The summed E-state index contributed by atoms with van der Waals surface area (Å²) in [6.45, 7) is 7.47. The van der Waals surface area contributed by atoms with Crippen LogP contribution >= 0.6 is 0 Å². The van der Waals surface area contributed by atoms with Crippen LogP contribution in [0.3, 0.4) is 0 Å². The monoisotopic (exact) mass is 342 g/mol. The predicted octanol–water partition coefficient (Wildman–Crippen LogP) is 5.07. The van der Waals surface area contributed by atoms with Gasteiger partial charge in [-0.1, -0.05) is 19.9 Å². The summed E-state index contributed by atoms with van der Waals surface area (Å²) in [5.74, 6) is 3.34. The van der Waals surface area contributed by atoms with E-state index in [0.29, 0.717) is 23.7 Å². The van der Waals surface area contributed by atoms with E-state index in [0.717, 1.165) is 37.0 Å². The number of fused-ring (bicyclic) bond motifs is 5. The molecule has 4 rings (SSSR count).